The maximum atomic E-state index is 14.3. The Balaban J connectivity index is 1.21. The van der Waals surface area contributed by atoms with Crippen LogP contribution in [0.25, 0.3) is 10.8 Å². The Morgan fingerprint density at radius 3 is 2.60 bits per heavy atom. The number of sulfonamides is 1. The minimum absolute atomic E-state index is 0.00403. The largest absolute Gasteiger partial charge is 0.586 e. The summed E-state index contributed by atoms with van der Waals surface area (Å²) in [6.45, 7) is 3.54. The summed E-state index contributed by atoms with van der Waals surface area (Å²) in [4.78, 5) is 59.6. The standard InChI is InChI=1S/C34H39F2N5O10S/c1-17-5-3-4-6-19-15-33(19,31(44)40-52(47,48)21-7-8-21)39-28(42)24-14-20(16-41(24)30(43)26(18(2)13-17)38-32(45)46)49-29-23-9-10-25-27(22(23)11-12-37-29)51-34(35,36)50-25/h4,6,9-12,17-21,24,26,38H,3,5,7-8,13-16H2,1-2H3,(H,39,42)(H,40,44)(H,45,46)/t17-,18+,19+,20+,24-,26-,33+/m0/s1. The number of rotatable bonds is 6. The number of nitrogens with zero attached hydrogens (tertiary/aromatic N) is 2. The van der Waals surface area contributed by atoms with Crippen molar-refractivity contribution >= 4 is 44.6 Å². The van der Waals surface area contributed by atoms with Gasteiger partial charge in [0.25, 0.3) is 5.91 Å². The van der Waals surface area contributed by atoms with Crippen molar-refractivity contribution in [1.82, 2.24) is 25.2 Å². The van der Waals surface area contributed by atoms with Crippen LogP contribution >= 0.6 is 0 Å². The summed E-state index contributed by atoms with van der Waals surface area (Å²) in [5.74, 6) is -3.61. The average Bonchev–Trinajstić information content (AvgIpc) is 3.97. The quantitative estimate of drug-likeness (QED) is 0.317. The van der Waals surface area contributed by atoms with Crippen LogP contribution in [0.1, 0.15) is 58.8 Å². The predicted octanol–water partition coefficient (Wildman–Crippen LogP) is 3.04. The van der Waals surface area contributed by atoms with Gasteiger partial charge in [0.1, 0.15) is 23.7 Å². The molecule has 280 valence electrons. The Bertz CT molecular complexity index is 1960. The molecule has 3 aliphatic heterocycles. The lowest BCUT2D eigenvalue weighted by molar-refractivity contribution is -0.286. The molecule has 1 saturated heterocycles. The van der Waals surface area contributed by atoms with Gasteiger partial charge in [-0.1, -0.05) is 26.0 Å². The minimum Gasteiger partial charge on any atom is -0.472 e. The lowest BCUT2D eigenvalue weighted by atomic mass is 9.88. The number of pyridine rings is 1. The monoisotopic (exact) mass is 747 g/mol. The second kappa shape index (κ2) is 13.0. The molecule has 5 aliphatic rings. The third-order valence-corrected chi connectivity index (χ3v) is 12.3. The summed E-state index contributed by atoms with van der Waals surface area (Å²) < 4.78 is 71.0. The molecule has 4 amide bonds. The van der Waals surface area contributed by atoms with E-state index in [-0.39, 0.29) is 53.5 Å². The molecule has 2 saturated carbocycles. The molecule has 18 heteroatoms. The first-order chi connectivity index (χ1) is 24.6. The molecule has 1 aromatic heterocycles. The fourth-order valence-electron chi connectivity index (χ4n) is 7.52. The lowest BCUT2D eigenvalue weighted by Crippen LogP contribution is -2.59. The summed E-state index contributed by atoms with van der Waals surface area (Å²) in [6, 6.07) is 1.68. The van der Waals surface area contributed by atoms with Crippen LogP contribution in [-0.4, -0.2) is 89.0 Å². The van der Waals surface area contributed by atoms with Crippen molar-refractivity contribution in [2.75, 3.05) is 6.54 Å². The number of nitrogens with one attached hydrogen (secondary N) is 3. The Kier molecular flexibility index (Phi) is 8.94. The highest BCUT2D eigenvalue weighted by Crippen LogP contribution is 2.48. The second-order valence-corrected chi connectivity index (χ2v) is 16.4. The van der Waals surface area contributed by atoms with Crippen molar-refractivity contribution in [3.8, 4) is 17.4 Å². The third-order valence-electron chi connectivity index (χ3n) is 10.4. The average molecular weight is 748 g/mol. The third kappa shape index (κ3) is 6.91. The van der Waals surface area contributed by atoms with Crippen molar-refractivity contribution in [1.29, 1.82) is 0 Å². The van der Waals surface area contributed by atoms with Crippen molar-refractivity contribution in [3.05, 3.63) is 36.5 Å². The first kappa shape index (κ1) is 35.7. The minimum atomic E-state index is -3.95. The number of carbonyl (C=O) groups excluding carboxylic acids is 3. The molecule has 0 spiro atoms. The number of benzene rings is 1. The number of ether oxygens (including phenoxy) is 3. The van der Waals surface area contributed by atoms with Crippen LogP contribution in [0.3, 0.4) is 0 Å². The summed E-state index contributed by atoms with van der Waals surface area (Å²) in [6.07, 6.45) is 1.46. The van der Waals surface area contributed by atoms with Crippen molar-refractivity contribution in [3.63, 3.8) is 0 Å². The number of amides is 4. The van der Waals surface area contributed by atoms with Crippen molar-refractivity contribution in [2.24, 2.45) is 17.8 Å². The number of carbonyl (C=O) groups is 4. The molecular weight excluding hydrogens is 708 g/mol. The molecule has 0 radical (unpaired) electrons. The van der Waals surface area contributed by atoms with Crippen LogP contribution in [0.5, 0.6) is 17.4 Å². The predicted molar refractivity (Wildman–Crippen MR) is 178 cm³/mol. The molecule has 15 nitrogen and oxygen atoms in total. The molecule has 1 aromatic carbocycles. The smallest absolute Gasteiger partial charge is 0.472 e. The van der Waals surface area contributed by atoms with E-state index in [0.717, 1.165) is 0 Å². The van der Waals surface area contributed by atoms with Gasteiger partial charge in [-0.2, -0.15) is 0 Å². The van der Waals surface area contributed by atoms with E-state index in [2.05, 4.69) is 25.1 Å². The van der Waals surface area contributed by atoms with E-state index in [9.17, 15) is 41.5 Å². The molecular formula is C34H39F2N5O10S. The van der Waals surface area contributed by atoms with Gasteiger partial charge < -0.3 is 34.9 Å². The SMILES string of the molecule is C[C@H]1CCC=C[C@@H]2C[C@@]2(C(=O)NS(=O)(=O)C2CC2)NC(=O)[C@@H]2C[C@@H](Oc3nccc4c5c(ccc34)OC(F)(F)O5)CN2C(=O)[C@@H](NC(=O)O)[C@H](C)C1. The Labute approximate surface area is 297 Å². The molecule has 7 atom stereocenters. The number of fused-ring (bicyclic) bond motifs is 5. The molecule has 7 rings (SSSR count). The van der Waals surface area contributed by atoms with E-state index in [1.165, 1.54) is 29.3 Å². The molecule has 2 aromatic rings. The van der Waals surface area contributed by atoms with Crippen LogP contribution in [0.15, 0.2) is 36.5 Å². The number of hydrogen-bond acceptors (Lipinski definition) is 10. The van der Waals surface area contributed by atoms with E-state index in [1.807, 2.05) is 13.0 Å². The summed E-state index contributed by atoms with van der Waals surface area (Å²) >= 11 is 0. The van der Waals surface area contributed by atoms with Gasteiger partial charge in [0, 0.05) is 29.3 Å². The van der Waals surface area contributed by atoms with Gasteiger partial charge in [-0.25, -0.2) is 18.2 Å². The molecule has 4 N–H and O–H groups in total. The molecule has 3 fully saturated rings. The van der Waals surface area contributed by atoms with Gasteiger partial charge >= 0.3 is 12.4 Å². The van der Waals surface area contributed by atoms with E-state index >= 15 is 0 Å². The van der Waals surface area contributed by atoms with E-state index in [1.54, 1.807) is 13.0 Å². The van der Waals surface area contributed by atoms with Gasteiger partial charge in [-0.3, -0.25) is 19.1 Å². The van der Waals surface area contributed by atoms with Crippen molar-refractivity contribution < 1.29 is 55.7 Å². The van der Waals surface area contributed by atoms with Crippen LogP contribution < -0.4 is 29.6 Å². The zero-order valence-electron chi connectivity index (χ0n) is 28.3. The topological polar surface area (TPSA) is 203 Å². The molecule has 0 bridgehead atoms. The fourth-order valence-corrected chi connectivity index (χ4v) is 8.88. The van der Waals surface area contributed by atoms with Crippen LogP contribution in [0.4, 0.5) is 13.6 Å². The lowest BCUT2D eigenvalue weighted by Gasteiger charge is -2.32. The molecule has 0 unspecified atom stereocenters. The van der Waals surface area contributed by atoms with Crippen LogP contribution in [0, 0.1) is 17.8 Å². The molecule has 4 heterocycles. The maximum Gasteiger partial charge on any atom is 0.586 e. The zero-order chi connectivity index (χ0) is 37.2. The van der Waals surface area contributed by atoms with Crippen LogP contribution in [0.2, 0.25) is 0 Å². The van der Waals surface area contributed by atoms with Gasteiger partial charge in [0.15, 0.2) is 11.5 Å². The van der Waals surface area contributed by atoms with E-state index in [4.69, 9.17) is 9.47 Å². The maximum absolute atomic E-state index is 14.3. The van der Waals surface area contributed by atoms with Gasteiger partial charge in [-0.15, -0.1) is 8.78 Å². The molecule has 52 heavy (non-hydrogen) atoms. The highest BCUT2D eigenvalue weighted by molar-refractivity contribution is 7.91. The first-order valence-electron chi connectivity index (χ1n) is 17.3. The van der Waals surface area contributed by atoms with E-state index in [0.29, 0.717) is 32.1 Å². The Morgan fingerprint density at radius 1 is 1.10 bits per heavy atom. The normalized spacial score (nSPS) is 31.4. The molecule has 2 aliphatic carbocycles. The zero-order valence-corrected chi connectivity index (χ0v) is 29.2. The summed E-state index contributed by atoms with van der Waals surface area (Å²) in [7, 11) is -3.95. The first-order valence-corrected chi connectivity index (χ1v) is 18.8. The van der Waals surface area contributed by atoms with Gasteiger partial charge in [0.2, 0.25) is 27.7 Å². The highest BCUT2D eigenvalue weighted by Gasteiger charge is 2.62. The number of carboxylic acid groups (broad SMARTS) is 1. The number of allylic oxidation sites excluding steroid dienone is 1. The number of halogens is 2. The van der Waals surface area contributed by atoms with Gasteiger partial charge in [-0.05, 0) is 68.6 Å². The Morgan fingerprint density at radius 2 is 1.87 bits per heavy atom. The highest BCUT2D eigenvalue weighted by atomic mass is 32.2. The Hall–Kier alpha value is -4.74. The number of alkyl halides is 2. The number of hydrogen-bond donors (Lipinski definition) is 4. The summed E-state index contributed by atoms with van der Waals surface area (Å²) in [5, 5.41) is 14.7. The fraction of sp³-hybridized carbons (Fsp3) is 0.559. The van der Waals surface area contributed by atoms with E-state index < -0.39 is 80.9 Å². The second-order valence-electron chi connectivity index (χ2n) is 14.5. The van der Waals surface area contributed by atoms with Gasteiger partial charge in [0.05, 0.1) is 11.8 Å². The van der Waals surface area contributed by atoms with Crippen molar-refractivity contribution in [2.45, 2.75) is 94.1 Å². The summed E-state index contributed by atoms with van der Waals surface area (Å²) in [5.41, 5.74) is -1.59. The number of aromatic nitrogens is 1. The van der Waals surface area contributed by atoms with Crippen LogP contribution in [-0.2, 0) is 24.4 Å².